The lowest BCUT2D eigenvalue weighted by molar-refractivity contribution is 0.0198. The summed E-state index contributed by atoms with van der Waals surface area (Å²) in [7, 11) is 1.95. The molecule has 3 atom stereocenters. The summed E-state index contributed by atoms with van der Waals surface area (Å²) in [5.74, 6) is 1.81. The average Bonchev–Trinajstić information content (AvgIpc) is 3.19. The minimum atomic E-state index is 0.788. The molecule has 0 bridgehead atoms. The van der Waals surface area contributed by atoms with Gasteiger partial charge in [-0.15, -0.1) is 11.3 Å². The summed E-state index contributed by atoms with van der Waals surface area (Å²) in [4.78, 5) is 7.58. The molecule has 3 heterocycles. The van der Waals surface area contributed by atoms with Gasteiger partial charge in [0.05, 0.1) is 11.9 Å². The van der Waals surface area contributed by atoms with Gasteiger partial charge >= 0.3 is 0 Å². The second kappa shape index (κ2) is 6.36. The van der Waals surface area contributed by atoms with Crippen molar-refractivity contribution >= 4 is 11.3 Å². The molecule has 1 aliphatic carbocycles. The van der Waals surface area contributed by atoms with Gasteiger partial charge < -0.3 is 0 Å². The van der Waals surface area contributed by atoms with Gasteiger partial charge in [-0.1, -0.05) is 19.8 Å². The Morgan fingerprint density at radius 3 is 2.96 bits per heavy atom. The summed E-state index contributed by atoms with van der Waals surface area (Å²) < 4.78 is 1.84. The van der Waals surface area contributed by atoms with E-state index in [0.717, 1.165) is 35.0 Å². The normalized spacial score (nSPS) is 28.7. The Bertz CT molecular complexity index is 662. The van der Waals surface area contributed by atoms with E-state index in [9.17, 15) is 0 Å². The van der Waals surface area contributed by atoms with Gasteiger partial charge in [0.15, 0.2) is 0 Å². The first-order valence-electron chi connectivity index (χ1n) is 8.88. The van der Waals surface area contributed by atoms with E-state index in [-0.39, 0.29) is 0 Å². The molecule has 2 fully saturated rings. The van der Waals surface area contributed by atoms with Crippen LogP contribution >= 0.6 is 11.3 Å². The number of piperidine rings is 1. The Morgan fingerprint density at radius 1 is 1.26 bits per heavy atom. The Labute approximate surface area is 142 Å². The highest BCUT2D eigenvalue weighted by molar-refractivity contribution is 7.13. The van der Waals surface area contributed by atoms with E-state index in [0.29, 0.717) is 0 Å². The van der Waals surface area contributed by atoms with Crippen molar-refractivity contribution in [2.45, 2.75) is 51.6 Å². The Morgan fingerprint density at radius 2 is 2.13 bits per heavy atom. The van der Waals surface area contributed by atoms with Gasteiger partial charge in [0, 0.05) is 36.8 Å². The van der Waals surface area contributed by atoms with Crippen LogP contribution in [0.3, 0.4) is 0 Å². The first kappa shape index (κ1) is 15.3. The second-order valence-electron chi connectivity index (χ2n) is 7.30. The number of nitrogens with zero attached hydrogens (tertiary/aromatic N) is 4. The second-order valence-corrected chi connectivity index (χ2v) is 8.16. The molecule has 0 unspecified atom stereocenters. The average molecular weight is 331 g/mol. The van der Waals surface area contributed by atoms with Gasteiger partial charge in [-0.25, -0.2) is 4.98 Å². The Kier molecular flexibility index (Phi) is 4.24. The molecule has 1 saturated heterocycles. The maximum absolute atomic E-state index is 4.87. The van der Waals surface area contributed by atoms with Crippen LogP contribution in [-0.2, 0) is 13.6 Å². The molecule has 0 amide bonds. The topological polar surface area (TPSA) is 34.0 Å². The van der Waals surface area contributed by atoms with Gasteiger partial charge in [0.25, 0.3) is 0 Å². The maximum atomic E-state index is 4.87. The highest BCUT2D eigenvalue weighted by Crippen LogP contribution is 2.39. The fourth-order valence-electron chi connectivity index (χ4n) is 4.45. The highest BCUT2D eigenvalue weighted by atomic mass is 32.1. The molecule has 5 heteroatoms. The first-order chi connectivity index (χ1) is 11.2. The summed E-state index contributed by atoms with van der Waals surface area (Å²) in [6.07, 6.45) is 10.9. The molecule has 124 valence electrons. The minimum absolute atomic E-state index is 0.788. The number of hydrogen-bond donors (Lipinski definition) is 0. The third-order valence-electron chi connectivity index (χ3n) is 5.72. The molecular weight excluding hydrogens is 304 g/mol. The maximum Gasteiger partial charge on any atom is 0.126 e. The van der Waals surface area contributed by atoms with Crippen LogP contribution in [0.25, 0.3) is 10.6 Å². The Hall–Kier alpha value is -1.20. The first-order valence-corrected chi connectivity index (χ1v) is 9.76. The number of aryl methyl sites for hydroxylation is 1. The third kappa shape index (κ3) is 3.09. The standard InChI is InChI=1S/C18H26N4S/c1-13-7-8-22(17-6-4-3-5-16(13)17)11-15-12-23-18(20-15)14-9-19-21(2)10-14/h9-10,12-13,16-17H,3-8,11H2,1-2H3/t13-,16-,17-/m1/s1. The number of hydrogen-bond acceptors (Lipinski definition) is 4. The van der Waals surface area contributed by atoms with Crippen molar-refractivity contribution in [1.82, 2.24) is 19.7 Å². The largest absolute Gasteiger partial charge is 0.294 e. The van der Waals surface area contributed by atoms with Crippen molar-refractivity contribution in [1.29, 1.82) is 0 Å². The zero-order chi connectivity index (χ0) is 15.8. The van der Waals surface area contributed by atoms with Gasteiger partial charge in [-0.05, 0) is 37.6 Å². The zero-order valence-electron chi connectivity index (χ0n) is 14.1. The number of likely N-dealkylation sites (tertiary alicyclic amines) is 1. The Balaban J connectivity index is 1.48. The molecule has 23 heavy (non-hydrogen) atoms. The number of rotatable bonds is 3. The van der Waals surface area contributed by atoms with Gasteiger partial charge in [-0.3, -0.25) is 9.58 Å². The molecule has 0 radical (unpaired) electrons. The molecule has 4 rings (SSSR count). The van der Waals surface area contributed by atoms with E-state index in [1.165, 1.54) is 44.3 Å². The SMILES string of the molecule is C[C@@H]1CCN(Cc2csc(-c3cnn(C)c3)n2)[C@@H]2CCCC[C@H]12. The quantitative estimate of drug-likeness (QED) is 0.854. The summed E-state index contributed by atoms with van der Waals surface area (Å²) >= 11 is 1.74. The highest BCUT2D eigenvalue weighted by Gasteiger charge is 2.37. The van der Waals surface area contributed by atoms with Crippen molar-refractivity contribution < 1.29 is 0 Å². The molecule has 0 aromatic carbocycles. The molecule has 1 aliphatic heterocycles. The van der Waals surface area contributed by atoms with E-state index >= 15 is 0 Å². The predicted molar refractivity (Wildman–Crippen MR) is 94.3 cm³/mol. The number of thiazole rings is 1. The van der Waals surface area contributed by atoms with E-state index in [2.05, 4.69) is 22.3 Å². The predicted octanol–water partition coefficient (Wildman–Crippen LogP) is 3.94. The van der Waals surface area contributed by atoms with Crippen LogP contribution in [0.5, 0.6) is 0 Å². The molecule has 1 saturated carbocycles. The summed E-state index contributed by atoms with van der Waals surface area (Å²) in [6, 6.07) is 0.788. The fraction of sp³-hybridized carbons (Fsp3) is 0.667. The van der Waals surface area contributed by atoms with E-state index in [1.54, 1.807) is 11.3 Å². The van der Waals surface area contributed by atoms with E-state index in [4.69, 9.17) is 4.98 Å². The number of fused-ring (bicyclic) bond motifs is 1. The number of aromatic nitrogens is 3. The van der Waals surface area contributed by atoms with Crippen LogP contribution < -0.4 is 0 Å². The van der Waals surface area contributed by atoms with Gasteiger partial charge in [-0.2, -0.15) is 5.10 Å². The smallest absolute Gasteiger partial charge is 0.126 e. The molecule has 0 N–H and O–H groups in total. The van der Waals surface area contributed by atoms with Crippen LogP contribution in [0.4, 0.5) is 0 Å². The molecule has 2 aromatic rings. The molecule has 0 spiro atoms. The van der Waals surface area contributed by atoms with Crippen LogP contribution in [0.15, 0.2) is 17.8 Å². The monoisotopic (exact) mass is 330 g/mol. The van der Waals surface area contributed by atoms with Gasteiger partial charge in [0.1, 0.15) is 5.01 Å². The van der Waals surface area contributed by atoms with Crippen molar-refractivity contribution in [3.05, 3.63) is 23.5 Å². The molecule has 2 aliphatic rings. The summed E-state index contributed by atoms with van der Waals surface area (Å²) in [6.45, 7) is 4.72. The fourth-order valence-corrected chi connectivity index (χ4v) is 5.24. The van der Waals surface area contributed by atoms with Crippen molar-refractivity contribution in [2.75, 3.05) is 6.54 Å². The lowest BCUT2D eigenvalue weighted by Crippen LogP contribution is -2.49. The molecular formula is C18H26N4S. The zero-order valence-corrected chi connectivity index (χ0v) is 14.9. The van der Waals surface area contributed by atoms with Crippen molar-refractivity contribution in [3.63, 3.8) is 0 Å². The summed E-state index contributed by atoms with van der Waals surface area (Å²) in [5.41, 5.74) is 2.36. The van der Waals surface area contributed by atoms with Crippen LogP contribution in [0, 0.1) is 11.8 Å². The van der Waals surface area contributed by atoms with Crippen molar-refractivity contribution in [3.8, 4) is 10.6 Å². The third-order valence-corrected chi connectivity index (χ3v) is 6.66. The lowest BCUT2D eigenvalue weighted by atomic mass is 9.72. The molecule has 4 nitrogen and oxygen atoms in total. The van der Waals surface area contributed by atoms with Gasteiger partial charge in [0.2, 0.25) is 0 Å². The van der Waals surface area contributed by atoms with Crippen LogP contribution in [-0.4, -0.2) is 32.3 Å². The molecule has 2 aromatic heterocycles. The van der Waals surface area contributed by atoms with Crippen LogP contribution in [0.2, 0.25) is 0 Å². The lowest BCUT2D eigenvalue weighted by Gasteiger charge is -2.47. The van der Waals surface area contributed by atoms with Crippen molar-refractivity contribution in [2.24, 2.45) is 18.9 Å². The summed E-state index contributed by atoms with van der Waals surface area (Å²) in [5, 5.41) is 7.58. The van der Waals surface area contributed by atoms with E-state index in [1.807, 2.05) is 24.1 Å². The van der Waals surface area contributed by atoms with E-state index < -0.39 is 0 Å². The van der Waals surface area contributed by atoms with Crippen LogP contribution in [0.1, 0.15) is 44.7 Å². The minimum Gasteiger partial charge on any atom is -0.294 e.